The lowest BCUT2D eigenvalue weighted by atomic mass is 10.2. The molecule has 0 atom stereocenters. The van der Waals surface area contributed by atoms with Crippen molar-refractivity contribution in [2.24, 2.45) is 0 Å². The van der Waals surface area contributed by atoms with Crippen molar-refractivity contribution in [2.75, 3.05) is 5.73 Å². The number of H-pyrrole nitrogens is 1. The van der Waals surface area contributed by atoms with Gasteiger partial charge in [0.05, 0.1) is 0 Å². The van der Waals surface area contributed by atoms with E-state index in [4.69, 9.17) is 5.73 Å². The minimum atomic E-state index is 0.661. The Morgan fingerprint density at radius 1 is 1.40 bits per heavy atom. The summed E-state index contributed by atoms with van der Waals surface area (Å²) in [5, 5.41) is 1.80. The Kier molecular flexibility index (Phi) is 2.91. The molecule has 15 heavy (non-hydrogen) atoms. The average molecular weight is 220 g/mol. The minimum absolute atomic E-state index is 0.661. The largest absolute Gasteiger partial charge is 0.398 e. The molecule has 1 aromatic heterocycles. The van der Waals surface area contributed by atoms with E-state index in [1.54, 1.807) is 0 Å². The molecule has 0 aliphatic rings. The lowest BCUT2D eigenvalue weighted by Crippen LogP contribution is -1.88. The predicted octanol–water partition coefficient (Wildman–Crippen LogP) is 3.39. The monoisotopic (exact) mass is 220 g/mol. The van der Waals surface area contributed by atoms with E-state index in [0.29, 0.717) is 5.25 Å². The molecule has 2 rings (SSSR count). The average Bonchev–Trinajstić information content (AvgIpc) is 2.59. The summed E-state index contributed by atoms with van der Waals surface area (Å²) in [6, 6.07) is 8.14. The first-order valence-corrected chi connectivity index (χ1v) is 6.19. The third kappa shape index (κ3) is 2.29. The Balaban J connectivity index is 2.27. The number of aromatic amines is 1. The fraction of sp³-hybridized carbons (Fsp3) is 0.333. The van der Waals surface area contributed by atoms with Crippen LogP contribution in [0.2, 0.25) is 0 Å². The topological polar surface area (TPSA) is 41.8 Å². The fourth-order valence-electron chi connectivity index (χ4n) is 1.57. The zero-order valence-corrected chi connectivity index (χ0v) is 9.90. The molecule has 0 unspecified atom stereocenters. The van der Waals surface area contributed by atoms with E-state index in [0.717, 1.165) is 22.3 Å². The molecule has 3 heteroatoms. The Labute approximate surface area is 94.2 Å². The van der Waals surface area contributed by atoms with Gasteiger partial charge in [-0.15, -0.1) is 0 Å². The molecule has 0 spiro atoms. The van der Waals surface area contributed by atoms with Gasteiger partial charge in [0.2, 0.25) is 0 Å². The van der Waals surface area contributed by atoms with Gasteiger partial charge < -0.3 is 10.7 Å². The molecule has 0 bridgehead atoms. The first-order valence-electron chi connectivity index (χ1n) is 5.14. The van der Waals surface area contributed by atoms with Crippen LogP contribution in [0, 0.1) is 0 Å². The van der Waals surface area contributed by atoms with Crippen molar-refractivity contribution in [3.63, 3.8) is 0 Å². The third-order valence-corrected chi connectivity index (χ3v) is 3.47. The van der Waals surface area contributed by atoms with Crippen LogP contribution in [0.15, 0.2) is 24.3 Å². The van der Waals surface area contributed by atoms with Crippen LogP contribution in [0.4, 0.5) is 5.69 Å². The highest BCUT2D eigenvalue weighted by Crippen LogP contribution is 2.24. The van der Waals surface area contributed by atoms with Gasteiger partial charge in [0.25, 0.3) is 0 Å². The zero-order valence-electron chi connectivity index (χ0n) is 9.08. The normalized spacial score (nSPS) is 11.4. The van der Waals surface area contributed by atoms with Crippen LogP contribution in [0.25, 0.3) is 10.9 Å². The van der Waals surface area contributed by atoms with Gasteiger partial charge >= 0.3 is 0 Å². The summed E-state index contributed by atoms with van der Waals surface area (Å²) in [4.78, 5) is 3.39. The molecule has 3 N–H and O–H groups in total. The van der Waals surface area contributed by atoms with E-state index >= 15 is 0 Å². The van der Waals surface area contributed by atoms with Crippen LogP contribution < -0.4 is 5.73 Å². The lowest BCUT2D eigenvalue weighted by molar-refractivity contribution is 1.10. The molecule has 0 saturated carbocycles. The Bertz CT molecular complexity index is 460. The Morgan fingerprint density at radius 2 is 2.20 bits per heavy atom. The minimum Gasteiger partial charge on any atom is -0.398 e. The number of nitrogen functional groups attached to an aromatic ring is 1. The van der Waals surface area contributed by atoms with Crippen LogP contribution in [0.1, 0.15) is 19.5 Å². The van der Waals surface area contributed by atoms with Gasteiger partial charge in [-0.05, 0) is 23.4 Å². The van der Waals surface area contributed by atoms with Crippen molar-refractivity contribution in [1.82, 2.24) is 4.98 Å². The van der Waals surface area contributed by atoms with Crippen LogP contribution in [-0.2, 0) is 5.75 Å². The lowest BCUT2D eigenvalue weighted by Gasteiger charge is -2.01. The molecular weight excluding hydrogens is 204 g/mol. The highest BCUT2D eigenvalue weighted by molar-refractivity contribution is 7.99. The van der Waals surface area contributed by atoms with E-state index in [2.05, 4.69) is 31.0 Å². The van der Waals surface area contributed by atoms with Crippen LogP contribution in [-0.4, -0.2) is 10.2 Å². The van der Waals surface area contributed by atoms with Gasteiger partial charge in [-0.2, -0.15) is 11.8 Å². The number of nitrogens with two attached hydrogens (primary N) is 1. The SMILES string of the molecule is CC(C)SCc1cc2c(N)cccc2[nH]1. The Hall–Kier alpha value is -1.09. The summed E-state index contributed by atoms with van der Waals surface area (Å²) in [6.45, 7) is 4.42. The van der Waals surface area contributed by atoms with Gasteiger partial charge in [-0.1, -0.05) is 19.9 Å². The number of rotatable bonds is 3. The van der Waals surface area contributed by atoms with Crippen molar-refractivity contribution in [2.45, 2.75) is 24.9 Å². The molecule has 0 amide bonds. The number of fused-ring (bicyclic) bond motifs is 1. The molecule has 2 aromatic rings. The van der Waals surface area contributed by atoms with Crippen LogP contribution in [0.3, 0.4) is 0 Å². The summed E-state index contributed by atoms with van der Waals surface area (Å²) in [7, 11) is 0. The predicted molar refractivity (Wildman–Crippen MR) is 69.1 cm³/mol. The van der Waals surface area contributed by atoms with Gasteiger partial charge in [0.15, 0.2) is 0 Å². The standard InChI is InChI=1S/C12H16N2S/c1-8(2)15-7-9-6-10-11(13)4-3-5-12(10)14-9/h3-6,8,14H,7,13H2,1-2H3. The number of benzene rings is 1. The smallest absolute Gasteiger partial charge is 0.0477 e. The second-order valence-electron chi connectivity index (χ2n) is 3.96. The highest BCUT2D eigenvalue weighted by Gasteiger charge is 2.04. The van der Waals surface area contributed by atoms with Gasteiger partial charge in [-0.25, -0.2) is 0 Å². The maximum Gasteiger partial charge on any atom is 0.0477 e. The molecule has 0 fully saturated rings. The number of nitrogens with one attached hydrogen (secondary N) is 1. The van der Waals surface area contributed by atoms with Gasteiger partial charge in [0.1, 0.15) is 0 Å². The summed E-state index contributed by atoms with van der Waals surface area (Å²) < 4.78 is 0. The summed E-state index contributed by atoms with van der Waals surface area (Å²) in [6.07, 6.45) is 0. The van der Waals surface area contributed by atoms with Gasteiger partial charge in [0, 0.05) is 28.0 Å². The number of thioether (sulfide) groups is 1. The quantitative estimate of drug-likeness (QED) is 0.778. The summed E-state index contributed by atoms with van der Waals surface area (Å²) in [5.74, 6) is 1.02. The van der Waals surface area contributed by atoms with Gasteiger partial charge in [-0.3, -0.25) is 0 Å². The zero-order chi connectivity index (χ0) is 10.8. The van der Waals surface area contributed by atoms with E-state index in [1.165, 1.54) is 5.69 Å². The molecule has 1 heterocycles. The maximum absolute atomic E-state index is 5.90. The number of anilines is 1. The maximum atomic E-state index is 5.90. The van der Waals surface area contributed by atoms with Crippen molar-refractivity contribution in [3.05, 3.63) is 30.0 Å². The molecule has 0 saturated heterocycles. The van der Waals surface area contributed by atoms with E-state index in [9.17, 15) is 0 Å². The first kappa shape index (κ1) is 10.4. The number of hydrogen-bond acceptors (Lipinski definition) is 2. The second-order valence-corrected chi connectivity index (χ2v) is 5.53. The Morgan fingerprint density at radius 3 is 2.87 bits per heavy atom. The summed E-state index contributed by atoms with van der Waals surface area (Å²) >= 11 is 1.93. The third-order valence-electron chi connectivity index (χ3n) is 2.33. The van der Waals surface area contributed by atoms with Crippen molar-refractivity contribution >= 4 is 28.4 Å². The van der Waals surface area contributed by atoms with Crippen molar-refractivity contribution in [1.29, 1.82) is 0 Å². The highest BCUT2D eigenvalue weighted by atomic mass is 32.2. The second kappa shape index (κ2) is 4.19. The van der Waals surface area contributed by atoms with Crippen molar-refractivity contribution < 1.29 is 0 Å². The summed E-state index contributed by atoms with van der Waals surface area (Å²) in [5.41, 5.74) is 9.14. The molecule has 0 aliphatic heterocycles. The number of aromatic nitrogens is 1. The molecule has 2 nitrogen and oxygen atoms in total. The molecule has 0 aliphatic carbocycles. The molecule has 0 radical (unpaired) electrons. The van der Waals surface area contributed by atoms with Crippen molar-refractivity contribution in [3.8, 4) is 0 Å². The first-order chi connectivity index (χ1) is 7.16. The van der Waals surface area contributed by atoms with Crippen LogP contribution >= 0.6 is 11.8 Å². The van der Waals surface area contributed by atoms with E-state index < -0.39 is 0 Å². The number of hydrogen-bond donors (Lipinski definition) is 2. The molecule has 1 aromatic carbocycles. The molecule has 80 valence electrons. The van der Waals surface area contributed by atoms with E-state index in [1.807, 2.05) is 23.9 Å². The molecular formula is C12H16N2S. The fourth-order valence-corrected chi connectivity index (χ4v) is 2.24. The van der Waals surface area contributed by atoms with E-state index in [-0.39, 0.29) is 0 Å². The van der Waals surface area contributed by atoms with Crippen LogP contribution in [0.5, 0.6) is 0 Å².